The van der Waals surface area contributed by atoms with Gasteiger partial charge in [-0.05, 0) is 54.3 Å². The summed E-state index contributed by atoms with van der Waals surface area (Å²) in [5, 5.41) is 2.72. The molecule has 0 aliphatic carbocycles. The van der Waals surface area contributed by atoms with Gasteiger partial charge in [-0.1, -0.05) is 70.5 Å². The Labute approximate surface area is 203 Å². The molecule has 0 radical (unpaired) electrons. The molecule has 1 N–H and O–H groups in total. The van der Waals surface area contributed by atoms with Gasteiger partial charge in [-0.25, -0.2) is 0 Å². The third-order valence-corrected chi connectivity index (χ3v) is 6.01. The van der Waals surface area contributed by atoms with Gasteiger partial charge >= 0.3 is 0 Å². The highest BCUT2D eigenvalue weighted by atomic mass is 79.9. The maximum absolute atomic E-state index is 13.4. The smallest absolute Gasteiger partial charge is 0.261 e. The number of rotatable bonds is 9. The fourth-order valence-electron chi connectivity index (χ4n) is 3.59. The summed E-state index contributed by atoms with van der Waals surface area (Å²) in [6, 6.07) is 22.7. The first-order valence-corrected chi connectivity index (χ1v) is 11.7. The minimum Gasteiger partial charge on any atom is -0.483 e. The molecule has 3 rings (SSSR count). The van der Waals surface area contributed by atoms with Crippen LogP contribution in [0.3, 0.4) is 0 Å². The number of aryl methyl sites for hydroxylation is 2. The van der Waals surface area contributed by atoms with Crippen molar-refractivity contribution in [2.45, 2.75) is 32.9 Å². The molecule has 6 heteroatoms. The fourth-order valence-corrected chi connectivity index (χ4v) is 3.86. The summed E-state index contributed by atoms with van der Waals surface area (Å²) in [4.78, 5) is 28.0. The van der Waals surface area contributed by atoms with Crippen LogP contribution in [0.25, 0.3) is 0 Å². The van der Waals surface area contributed by atoms with Gasteiger partial charge in [0.05, 0.1) is 0 Å². The number of carbonyl (C=O) groups is 2. The molecule has 0 spiro atoms. The molecule has 5 nitrogen and oxygen atoms in total. The minimum atomic E-state index is -0.671. The predicted molar refractivity (Wildman–Crippen MR) is 134 cm³/mol. The molecular weight excluding hydrogens is 480 g/mol. The van der Waals surface area contributed by atoms with Crippen molar-refractivity contribution < 1.29 is 14.3 Å². The molecule has 3 aromatic rings. The summed E-state index contributed by atoms with van der Waals surface area (Å²) >= 11 is 3.45. The van der Waals surface area contributed by atoms with Crippen LogP contribution in [-0.2, 0) is 22.6 Å². The molecule has 0 aliphatic rings. The molecule has 0 aromatic heterocycles. The number of hydrogen-bond acceptors (Lipinski definition) is 3. The topological polar surface area (TPSA) is 58.6 Å². The van der Waals surface area contributed by atoms with E-state index in [0.717, 1.165) is 26.7 Å². The molecule has 0 aliphatic heterocycles. The molecule has 172 valence electrons. The zero-order valence-electron chi connectivity index (χ0n) is 19.2. The van der Waals surface area contributed by atoms with Crippen molar-refractivity contribution in [1.82, 2.24) is 10.2 Å². The quantitative estimate of drug-likeness (QED) is 0.450. The van der Waals surface area contributed by atoms with Crippen LogP contribution in [0.5, 0.6) is 5.75 Å². The zero-order chi connectivity index (χ0) is 23.8. The largest absolute Gasteiger partial charge is 0.483 e. The van der Waals surface area contributed by atoms with Gasteiger partial charge in [0.2, 0.25) is 5.91 Å². The van der Waals surface area contributed by atoms with E-state index in [4.69, 9.17) is 4.74 Å². The highest BCUT2D eigenvalue weighted by Gasteiger charge is 2.30. The van der Waals surface area contributed by atoms with E-state index < -0.39 is 6.04 Å². The summed E-state index contributed by atoms with van der Waals surface area (Å²) in [6.07, 6.45) is 0.409. The van der Waals surface area contributed by atoms with Crippen LogP contribution in [0.15, 0.2) is 77.3 Å². The van der Waals surface area contributed by atoms with Gasteiger partial charge in [-0.15, -0.1) is 0 Å². The lowest BCUT2D eigenvalue weighted by atomic mass is 10.0. The minimum absolute atomic E-state index is 0.150. The van der Waals surface area contributed by atoms with E-state index in [1.807, 2.05) is 86.6 Å². The summed E-state index contributed by atoms with van der Waals surface area (Å²) in [7, 11) is 1.59. The number of halogens is 1. The van der Waals surface area contributed by atoms with Gasteiger partial charge in [0.1, 0.15) is 11.8 Å². The Morgan fingerprint density at radius 1 is 0.970 bits per heavy atom. The Morgan fingerprint density at radius 3 is 2.33 bits per heavy atom. The first-order valence-electron chi connectivity index (χ1n) is 10.9. The number of benzene rings is 3. The van der Waals surface area contributed by atoms with Crippen LogP contribution in [0.2, 0.25) is 0 Å². The number of hydrogen-bond donors (Lipinski definition) is 1. The van der Waals surface area contributed by atoms with Crippen molar-refractivity contribution in [2.75, 3.05) is 13.7 Å². The van der Waals surface area contributed by atoms with E-state index in [1.165, 1.54) is 0 Å². The number of nitrogens with zero attached hydrogens (tertiary/aromatic N) is 1. The van der Waals surface area contributed by atoms with Gasteiger partial charge < -0.3 is 15.0 Å². The van der Waals surface area contributed by atoms with E-state index in [9.17, 15) is 9.59 Å². The molecular formula is C27H29BrN2O3. The standard InChI is InChI=1S/C27H29BrN2O3/c1-19-9-10-20(2)25(15-19)33-18-26(31)30(17-22-11-13-23(28)14-12-22)24(27(32)29-3)16-21-7-5-4-6-8-21/h4-15,24H,16-18H2,1-3H3,(H,29,32). The Morgan fingerprint density at radius 2 is 1.67 bits per heavy atom. The molecule has 0 saturated heterocycles. The summed E-state index contributed by atoms with van der Waals surface area (Å²) < 4.78 is 6.85. The first-order chi connectivity index (χ1) is 15.9. The molecule has 0 bridgehead atoms. The monoisotopic (exact) mass is 508 g/mol. The average molecular weight is 509 g/mol. The Bertz CT molecular complexity index is 1080. The van der Waals surface area contributed by atoms with Crippen molar-refractivity contribution in [3.8, 4) is 5.75 Å². The van der Waals surface area contributed by atoms with Crippen molar-refractivity contribution in [2.24, 2.45) is 0 Å². The van der Waals surface area contributed by atoms with Gasteiger partial charge in [0.15, 0.2) is 6.61 Å². The lowest BCUT2D eigenvalue weighted by Gasteiger charge is -2.31. The number of carbonyl (C=O) groups excluding carboxylic acids is 2. The van der Waals surface area contributed by atoms with Gasteiger partial charge in [0.25, 0.3) is 5.91 Å². The van der Waals surface area contributed by atoms with Crippen molar-refractivity contribution in [3.05, 3.63) is 99.5 Å². The second-order valence-corrected chi connectivity index (χ2v) is 8.94. The fraction of sp³-hybridized carbons (Fsp3) is 0.259. The number of amides is 2. The van der Waals surface area contributed by atoms with Gasteiger partial charge in [-0.3, -0.25) is 9.59 Å². The van der Waals surface area contributed by atoms with E-state index in [0.29, 0.717) is 18.7 Å². The van der Waals surface area contributed by atoms with Crippen LogP contribution in [-0.4, -0.2) is 36.4 Å². The molecule has 0 fully saturated rings. The SMILES string of the molecule is CNC(=O)C(Cc1ccccc1)N(Cc1ccc(Br)cc1)C(=O)COc1cc(C)ccc1C. The van der Waals surface area contributed by atoms with Gasteiger partial charge in [0, 0.05) is 24.5 Å². The summed E-state index contributed by atoms with van der Waals surface area (Å²) in [5.41, 5.74) is 3.93. The van der Waals surface area contributed by atoms with Crippen molar-refractivity contribution in [1.29, 1.82) is 0 Å². The highest BCUT2D eigenvalue weighted by molar-refractivity contribution is 9.10. The van der Waals surface area contributed by atoms with Crippen molar-refractivity contribution >= 4 is 27.7 Å². The third kappa shape index (κ3) is 6.93. The zero-order valence-corrected chi connectivity index (χ0v) is 20.8. The van der Waals surface area contributed by atoms with E-state index in [-0.39, 0.29) is 18.4 Å². The van der Waals surface area contributed by atoms with E-state index >= 15 is 0 Å². The predicted octanol–water partition coefficient (Wildman–Crippen LogP) is 4.83. The number of ether oxygens (including phenoxy) is 1. The number of nitrogens with one attached hydrogen (secondary N) is 1. The van der Waals surface area contributed by atoms with Crippen LogP contribution in [0.4, 0.5) is 0 Å². The highest BCUT2D eigenvalue weighted by Crippen LogP contribution is 2.21. The Hall–Kier alpha value is -3.12. The second-order valence-electron chi connectivity index (χ2n) is 8.03. The van der Waals surface area contributed by atoms with Crippen LogP contribution >= 0.6 is 15.9 Å². The van der Waals surface area contributed by atoms with Crippen molar-refractivity contribution in [3.63, 3.8) is 0 Å². The summed E-state index contributed by atoms with van der Waals surface area (Å²) in [6.45, 7) is 4.08. The lowest BCUT2D eigenvalue weighted by Crippen LogP contribution is -2.51. The third-order valence-electron chi connectivity index (χ3n) is 5.48. The number of likely N-dealkylation sites (N-methyl/N-ethyl adjacent to an activating group) is 1. The van der Waals surface area contributed by atoms with Crippen LogP contribution in [0, 0.1) is 13.8 Å². The Balaban J connectivity index is 1.88. The first kappa shape index (κ1) is 24.5. The summed E-state index contributed by atoms with van der Waals surface area (Å²) in [5.74, 6) is 0.214. The maximum atomic E-state index is 13.4. The van der Waals surface area contributed by atoms with E-state index in [2.05, 4.69) is 21.2 Å². The van der Waals surface area contributed by atoms with E-state index in [1.54, 1.807) is 11.9 Å². The van der Waals surface area contributed by atoms with Crippen LogP contribution in [0.1, 0.15) is 22.3 Å². The average Bonchev–Trinajstić information content (AvgIpc) is 2.83. The lowest BCUT2D eigenvalue weighted by molar-refractivity contribution is -0.142. The molecule has 33 heavy (non-hydrogen) atoms. The van der Waals surface area contributed by atoms with Crippen LogP contribution < -0.4 is 10.1 Å². The normalized spacial score (nSPS) is 11.5. The molecule has 3 aromatic carbocycles. The second kappa shape index (κ2) is 11.7. The molecule has 0 heterocycles. The molecule has 2 amide bonds. The molecule has 1 unspecified atom stereocenters. The maximum Gasteiger partial charge on any atom is 0.261 e. The molecule has 0 saturated carbocycles. The molecule has 1 atom stereocenters. The Kier molecular flexibility index (Phi) is 8.66. The van der Waals surface area contributed by atoms with Gasteiger partial charge in [-0.2, -0.15) is 0 Å².